The van der Waals surface area contributed by atoms with Crippen LogP contribution in [0.2, 0.25) is 0 Å². The summed E-state index contributed by atoms with van der Waals surface area (Å²) in [5, 5.41) is -0.257. The van der Waals surface area contributed by atoms with Crippen LogP contribution in [-0.2, 0) is 16.6 Å². The maximum atomic E-state index is 13.2. The van der Waals surface area contributed by atoms with Gasteiger partial charge in [-0.05, 0) is 17.5 Å². The van der Waals surface area contributed by atoms with E-state index >= 15 is 0 Å². The lowest BCUT2D eigenvalue weighted by molar-refractivity contribution is 0.313. The Kier molecular flexibility index (Phi) is 6.60. The molecule has 1 aromatic heterocycles. The van der Waals surface area contributed by atoms with Crippen LogP contribution in [-0.4, -0.2) is 15.8 Å². The zero-order valence-electron chi connectivity index (χ0n) is 15.3. The third kappa shape index (κ3) is 4.95. The van der Waals surface area contributed by atoms with Gasteiger partial charge in [-0.1, -0.05) is 67.6 Å². The van der Waals surface area contributed by atoms with Gasteiger partial charge >= 0.3 is 0 Å². The molecule has 140 valence electrons. The van der Waals surface area contributed by atoms with Gasteiger partial charge in [0.05, 0.1) is 17.6 Å². The van der Waals surface area contributed by atoms with E-state index in [-0.39, 0.29) is 16.4 Å². The van der Waals surface area contributed by atoms with Crippen LogP contribution in [0.5, 0.6) is 5.75 Å². The molecule has 0 fully saturated rings. The fourth-order valence-electron chi connectivity index (χ4n) is 2.90. The molecule has 1 N–H and O–H groups in total. The molecule has 0 aliphatic rings. The average Bonchev–Trinajstić information content (AvgIpc) is 2.69. The summed E-state index contributed by atoms with van der Waals surface area (Å²) in [6.45, 7) is 2.48. The number of H-pyrrole nitrogens is 1. The third-order valence-corrected chi connectivity index (χ3v) is 5.83. The second kappa shape index (κ2) is 9.33. The number of pyridine rings is 1. The lowest BCUT2D eigenvalue weighted by Crippen LogP contribution is -2.14. The molecule has 0 saturated heterocycles. The second-order valence-corrected chi connectivity index (χ2v) is 7.78. The molecule has 5 heteroatoms. The highest BCUT2D eigenvalue weighted by atomic mass is 32.2. The minimum atomic E-state index is -1.24. The fourth-order valence-corrected chi connectivity index (χ4v) is 4.46. The summed E-state index contributed by atoms with van der Waals surface area (Å²) in [6.07, 6.45) is 2.39. The number of benzene rings is 2. The van der Waals surface area contributed by atoms with Crippen LogP contribution in [0.3, 0.4) is 0 Å². The van der Waals surface area contributed by atoms with Crippen molar-refractivity contribution in [2.24, 2.45) is 0 Å². The predicted octanol–water partition coefficient (Wildman–Crippen LogP) is 4.20. The van der Waals surface area contributed by atoms with E-state index < -0.39 is 10.8 Å². The Hall–Kier alpha value is -2.66. The largest absolute Gasteiger partial charge is 0.488 e. The molecule has 0 aliphatic heterocycles. The van der Waals surface area contributed by atoms with Crippen molar-refractivity contribution in [3.05, 3.63) is 100.0 Å². The standard InChI is InChI=1S/C22H23NO3S/c1-2-13-26-21-15-23-19(14-20(21)24)16-27(25)22(17-9-5-3-6-10-17)18-11-7-4-8-12-18/h3-12,14-15,22H,2,13,16H2,1H3,(H,23,24). The molecule has 1 atom stereocenters. The van der Waals surface area contributed by atoms with Crippen molar-refractivity contribution in [1.29, 1.82) is 0 Å². The minimum absolute atomic E-state index is 0.190. The Morgan fingerprint density at radius 3 is 2.11 bits per heavy atom. The van der Waals surface area contributed by atoms with Gasteiger partial charge in [-0.25, -0.2) is 0 Å². The molecule has 1 heterocycles. The van der Waals surface area contributed by atoms with Crippen molar-refractivity contribution in [3.63, 3.8) is 0 Å². The van der Waals surface area contributed by atoms with Crippen molar-refractivity contribution < 1.29 is 8.95 Å². The highest BCUT2D eigenvalue weighted by Gasteiger charge is 2.21. The number of hydrogen-bond acceptors (Lipinski definition) is 3. The topological polar surface area (TPSA) is 59.2 Å². The van der Waals surface area contributed by atoms with E-state index in [1.165, 1.54) is 6.07 Å². The van der Waals surface area contributed by atoms with E-state index in [1.807, 2.05) is 67.6 Å². The molecule has 3 rings (SSSR count). The Labute approximate surface area is 161 Å². The average molecular weight is 381 g/mol. The first-order valence-electron chi connectivity index (χ1n) is 9.00. The SMILES string of the molecule is CCCOc1c[nH]c(CS(=O)C(c2ccccc2)c2ccccc2)cc1=O. The summed E-state index contributed by atoms with van der Waals surface area (Å²) in [4.78, 5) is 15.3. The summed E-state index contributed by atoms with van der Waals surface area (Å²) >= 11 is 0. The van der Waals surface area contributed by atoms with Crippen LogP contribution in [0.4, 0.5) is 0 Å². The molecule has 27 heavy (non-hydrogen) atoms. The van der Waals surface area contributed by atoms with Crippen LogP contribution in [0.1, 0.15) is 35.4 Å². The van der Waals surface area contributed by atoms with Gasteiger partial charge in [0.1, 0.15) is 0 Å². The molecule has 0 aliphatic carbocycles. The smallest absolute Gasteiger partial charge is 0.223 e. The van der Waals surface area contributed by atoms with Gasteiger partial charge in [0.2, 0.25) is 5.43 Å². The van der Waals surface area contributed by atoms with Gasteiger partial charge in [0.15, 0.2) is 5.75 Å². The van der Waals surface area contributed by atoms with Crippen molar-refractivity contribution in [1.82, 2.24) is 4.98 Å². The number of aromatic amines is 1. The lowest BCUT2D eigenvalue weighted by atomic mass is 10.0. The van der Waals surface area contributed by atoms with Crippen molar-refractivity contribution in [2.75, 3.05) is 6.61 Å². The summed E-state index contributed by atoms with van der Waals surface area (Å²) in [7, 11) is -1.24. The molecule has 2 aromatic carbocycles. The molecule has 3 aromatic rings. The van der Waals surface area contributed by atoms with Gasteiger partial charge in [0.25, 0.3) is 0 Å². The Morgan fingerprint density at radius 1 is 1.00 bits per heavy atom. The molecule has 1 unspecified atom stereocenters. The normalized spacial score (nSPS) is 12.1. The van der Waals surface area contributed by atoms with Crippen molar-refractivity contribution in [3.8, 4) is 5.75 Å². The number of hydrogen-bond donors (Lipinski definition) is 1. The predicted molar refractivity (Wildman–Crippen MR) is 109 cm³/mol. The Morgan fingerprint density at radius 2 is 1.59 bits per heavy atom. The highest BCUT2D eigenvalue weighted by molar-refractivity contribution is 7.84. The number of nitrogens with one attached hydrogen (secondary N) is 1. The quantitative estimate of drug-likeness (QED) is 0.636. The van der Waals surface area contributed by atoms with E-state index in [4.69, 9.17) is 4.74 Å². The fraction of sp³-hybridized carbons (Fsp3) is 0.227. The van der Waals surface area contributed by atoms with Gasteiger partial charge in [0, 0.05) is 28.8 Å². The Bertz CT molecular complexity index is 899. The highest BCUT2D eigenvalue weighted by Crippen LogP contribution is 2.29. The summed E-state index contributed by atoms with van der Waals surface area (Å²) < 4.78 is 18.7. The molecule has 0 radical (unpaired) electrons. The number of ether oxygens (including phenoxy) is 1. The maximum Gasteiger partial charge on any atom is 0.223 e. The first-order chi connectivity index (χ1) is 13.2. The van der Waals surface area contributed by atoms with Crippen LogP contribution < -0.4 is 10.2 Å². The Balaban J connectivity index is 1.85. The van der Waals surface area contributed by atoms with E-state index in [2.05, 4.69) is 4.98 Å². The third-order valence-electron chi connectivity index (χ3n) is 4.16. The molecular weight excluding hydrogens is 358 g/mol. The van der Waals surface area contributed by atoms with Crippen LogP contribution in [0.25, 0.3) is 0 Å². The van der Waals surface area contributed by atoms with Crippen molar-refractivity contribution in [2.45, 2.75) is 24.3 Å². The van der Waals surface area contributed by atoms with E-state index in [0.717, 1.165) is 17.5 Å². The van der Waals surface area contributed by atoms with E-state index in [0.29, 0.717) is 18.1 Å². The number of rotatable bonds is 8. The minimum Gasteiger partial charge on any atom is -0.488 e. The van der Waals surface area contributed by atoms with Gasteiger partial charge in [-0.15, -0.1) is 0 Å². The maximum absolute atomic E-state index is 13.2. The molecular formula is C22H23NO3S. The first-order valence-corrected chi connectivity index (χ1v) is 10.4. The molecule has 0 saturated carbocycles. The van der Waals surface area contributed by atoms with E-state index in [9.17, 15) is 9.00 Å². The molecule has 4 nitrogen and oxygen atoms in total. The summed E-state index contributed by atoms with van der Waals surface area (Å²) in [5.41, 5.74) is 2.43. The van der Waals surface area contributed by atoms with Crippen LogP contribution in [0.15, 0.2) is 77.7 Å². The van der Waals surface area contributed by atoms with Gasteiger partial charge in [-0.2, -0.15) is 0 Å². The molecule has 0 amide bonds. The molecule has 0 bridgehead atoms. The zero-order valence-corrected chi connectivity index (χ0v) is 16.1. The summed E-state index contributed by atoms with van der Waals surface area (Å²) in [5.74, 6) is 0.562. The zero-order chi connectivity index (χ0) is 19.1. The monoisotopic (exact) mass is 381 g/mol. The van der Waals surface area contributed by atoms with Gasteiger partial charge < -0.3 is 9.72 Å². The number of aromatic nitrogens is 1. The summed E-state index contributed by atoms with van der Waals surface area (Å²) in [6, 6.07) is 21.1. The van der Waals surface area contributed by atoms with E-state index in [1.54, 1.807) is 6.20 Å². The first kappa shape index (κ1) is 19.1. The molecule has 0 spiro atoms. The van der Waals surface area contributed by atoms with Crippen LogP contribution >= 0.6 is 0 Å². The second-order valence-electron chi connectivity index (χ2n) is 6.26. The lowest BCUT2D eigenvalue weighted by Gasteiger charge is -2.18. The van der Waals surface area contributed by atoms with Crippen LogP contribution in [0, 0.1) is 0 Å². The van der Waals surface area contributed by atoms with Crippen molar-refractivity contribution >= 4 is 10.8 Å². The van der Waals surface area contributed by atoms with Gasteiger partial charge in [-0.3, -0.25) is 9.00 Å².